The zero-order valence-electron chi connectivity index (χ0n) is 14.7. The van der Waals surface area contributed by atoms with E-state index in [0.717, 1.165) is 11.1 Å². The molecule has 0 saturated heterocycles. The van der Waals surface area contributed by atoms with E-state index in [1.807, 2.05) is 45.0 Å². The lowest BCUT2D eigenvalue weighted by molar-refractivity contribution is -0.124. The minimum Gasteiger partial charge on any atom is -0.350 e. The van der Waals surface area contributed by atoms with Crippen molar-refractivity contribution in [1.29, 1.82) is 0 Å². The molecule has 0 heterocycles. The fraction of sp³-hybridized carbons (Fsp3) is 0.300. The smallest absolute Gasteiger partial charge is 0.251 e. The summed E-state index contributed by atoms with van der Waals surface area (Å²) in [6.07, 6.45) is 0. The van der Waals surface area contributed by atoms with Gasteiger partial charge in [-0.25, -0.2) is 4.39 Å². The Morgan fingerprint density at radius 1 is 1.00 bits per heavy atom. The number of rotatable bonds is 6. The Labute approximate surface area is 147 Å². The third-order valence-corrected chi connectivity index (χ3v) is 3.93. The maximum absolute atomic E-state index is 13.0. The molecule has 5 heteroatoms. The molecule has 0 fully saturated rings. The van der Waals surface area contributed by atoms with E-state index in [4.69, 9.17) is 0 Å². The van der Waals surface area contributed by atoms with Crippen LogP contribution in [0.1, 0.15) is 35.3 Å². The van der Waals surface area contributed by atoms with Crippen molar-refractivity contribution in [1.82, 2.24) is 10.6 Å². The predicted octanol–water partition coefficient (Wildman–Crippen LogP) is 3.20. The molecule has 4 nitrogen and oxygen atoms in total. The van der Waals surface area contributed by atoms with E-state index in [9.17, 15) is 14.0 Å². The van der Waals surface area contributed by atoms with Crippen LogP contribution in [0.3, 0.4) is 0 Å². The highest BCUT2D eigenvalue weighted by molar-refractivity contribution is 5.97. The van der Waals surface area contributed by atoms with Crippen LogP contribution in [-0.4, -0.2) is 17.9 Å². The van der Waals surface area contributed by atoms with Gasteiger partial charge in [0, 0.05) is 12.1 Å². The predicted molar refractivity (Wildman–Crippen MR) is 95.5 cm³/mol. The lowest BCUT2D eigenvalue weighted by atomic mass is 10.0. The fourth-order valence-electron chi connectivity index (χ4n) is 2.37. The van der Waals surface area contributed by atoms with Gasteiger partial charge < -0.3 is 10.6 Å². The summed E-state index contributed by atoms with van der Waals surface area (Å²) in [6, 6.07) is 12.4. The topological polar surface area (TPSA) is 58.2 Å². The second kappa shape index (κ2) is 8.42. The molecule has 0 aliphatic heterocycles. The zero-order valence-corrected chi connectivity index (χ0v) is 14.7. The molecule has 0 spiro atoms. The second-order valence-corrected chi connectivity index (χ2v) is 6.41. The number of amides is 2. The van der Waals surface area contributed by atoms with E-state index in [-0.39, 0.29) is 11.8 Å². The molecule has 1 atom stereocenters. The molecule has 0 aliphatic carbocycles. The molecule has 132 valence electrons. The van der Waals surface area contributed by atoms with Gasteiger partial charge in [0.25, 0.3) is 5.91 Å². The first-order chi connectivity index (χ1) is 11.9. The highest BCUT2D eigenvalue weighted by Crippen LogP contribution is 2.08. The van der Waals surface area contributed by atoms with Crippen LogP contribution >= 0.6 is 0 Å². The Hall–Kier alpha value is -2.69. The Morgan fingerprint density at radius 3 is 2.16 bits per heavy atom. The van der Waals surface area contributed by atoms with Crippen LogP contribution in [0, 0.1) is 18.7 Å². The molecule has 2 aromatic carbocycles. The molecule has 0 aliphatic rings. The van der Waals surface area contributed by atoms with Crippen molar-refractivity contribution in [3.63, 3.8) is 0 Å². The number of nitrogens with one attached hydrogen (secondary N) is 2. The average molecular weight is 342 g/mol. The van der Waals surface area contributed by atoms with E-state index in [1.54, 1.807) is 0 Å². The highest BCUT2D eigenvalue weighted by Gasteiger charge is 2.24. The van der Waals surface area contributed by atoms with Gasteiger partial charge in [-0.3, -0.25) is 9.59 Å². The van der Waals surface area contributed by atoms with Crippen molar-refractivity contribution in [2.75, 3.05) is 0 Å². The third-order valence-electron chi connectivity index (χ3n) is 3.93. The Balaban J connectivity index is 1.98. The molecule has 2 amide bonds. The summed E-state index contributed by atoms with van der Waals surface area (Å²) in [5, 5.41) is 5.58. The Bertz CT molecular complexity index is 724. The minimum atomic E-state index is -0.664. The highest BCUT2D eigenvalue weighted by atomic mass is 19.1. The number of hydrogen-bond donors (Lipinski definition) is 2. The van der Waals surface area contributed by atoms with E-state index < -0.39 is 17.8 Å². The molecule has 2 aromatic rings. The van der Waals surface area contributed by atoms with Gasteiger partial charge in [-0.05, 0) is 42.7 Å². The van der Waals surface area contributed by atoms with Gasteiger partial charge in [0.2, 0.25) is 5.91 Å². The number of carbonyl (C=O) groups is 2. The number of benzene rings is 2. The largest absolute Gasteiger partial charge is 0.350 e. The normalized spacial score (nSPS) is 11.9. The summed E-state index contributed by atoms with van der Waals surface area (Å²) in [7, 11) is 0. The van der Waals surface area contributed by atoms with Crippen LogP contribution < -0.4 is 10.6 Å². The standard InChI is InChI=1S/C20H23FN2O2/c1-13(2)18(23-19(24)16-8-10-17(21)11-9-16)20(25)22-12-15-6-4-14(3)5-7-15/h4-11,13,18H,12H2,1-3H3,(H,22,25)(H,23,24)/t18-/m0/s1. The molecular weight excluding hydrogens is 319 g/mol. The number of hydrogen-bond acceptors (Lipinski definition) is 2. The van der Waals surface area contributed by atoms with Crippen molar-refractivity contribution in [3.8, 4) is 0 Å². The van der Waals surface area contributed by atoms with Crippen LogP contribution in [0.4, 0.5) is 4.39 Å². The summed E-state index contributed by atoms with van der Waals surface area (Å²) in [5.41, 5.74) is 2.46. The molecule has 0 saturated carbocycles. The molecule has 2 rings (SSSR count). The second-order valence-electron chi connectivity index (χ2n) is 6.41. The van der Waals surface area contributed by atoms with E-state index >= 15 is 0 Å². The van der Waals surface area contributed by atoms with Crippen molar-refractivity contribution in [3.05, 3.63) is 71.0 Å². The zero-order chi connectivity index (χ0) is 18.4. The van der Waals surface area contributed by atoms with Crippen molar-refractivity contribution >= 4 is 11.8 Å². The molecule has 25 heavy (non-hydrogen) atoms. The van der Waals surface area contributed by atoms with Crippen molar-refractivity contribution in [2.24, 2.45) is 5.92 Å². The van der Waals surface area contributed by atoms with Crippen LogP contribution in [0.25, 0.3) is 0 Å². The van der Waals surface area contributed by atoms with E-state index in [2.05, 4.69) is 10.6 Å². The monoisotopic (exact) mass is 342 g/mol. The van der Waals surface area contributed by atoms with Gasteiger partial charge in [-0.2, -0.15) is 0 Å². The number of aryl methyl sites for hydroxylation is 1. The molecular formula is C20H23FN2O2. The van der Waals surface area contributed by atoms with Crippen LogP contribution in [0.2, 0.25) is 0 Å². The first-order valence-electron chi connectivity index (χ1n) is 8.26. The van der Waals surface area contributed by atoms with Gasteiger partial charge in [0.1, 0.15) is 11.9 Å². The Kier molecular flexibility index (Phi) is 6.28. The van der Waals surface area contributed by atoms with Gasteiger partial charge >= 0.3 is 0 Å². The van der Waals surface area contributed by atoms with Crippen molar-refractivity contribution in [2.45, 2.75) is 33.4 Å². The Morgan fingerprint density at radius 2 is 1.60 bits per heavy atom. The van der Waals surface area contributed by atoms with E-state index in [0.29, 0.717) is 12.1 Å². The average Bonchev–Trinajstić information content (AvgIpc) is 2.59. The van der Waals surface area contributed by atoms with Crippen LogP contribution in [-0.2, 0) is 11.3 Å². The van der Waals surface area contributed by atoms with E-state index in [1.165, 1.54) is 24.3 Å². The summed E-state index contributed by atoms with van der Waals surface area (Å²) >= 11 is 0. The van der Waals surface area contributed by atoms with Gasteiger partial charge in [0.15, 0.2) is 0 Å². The van der Waals surface area contributed by atoms with Crippen LogP contribution in [0.5, 0.6) is 0 Å². The number of halogens is 1. The maximum atomic E-state index is 13.0. The van der Waals surface area contributed by atoms with Crippen LogP contribution in [0.15, 0.2) is 48.5 Å². The third kappa shape index (κ3) is 5.41. The summed E-state index contributed by atoms with van der Waals surface area (Å²) in [6.45, 7) is 6.12. The summed E-state index contributed by atoms with van der Waals surface area (Å²) in [4.78, 5) is 24.7. The fourth-order valence-corrected chi connectivity index (χ4v) is 2.37. The van der Waals surface area contributed by atoms with Gasteiger partial charge in [0.05, 0.1) is 0 Å². The lowest BCUT2D eigenvalue weighted by Crippen LogP contribution is -2.49. The lowest BCUT2D eigenvalue weighted by Gasteiger charge is -2.22. The molecule has 0 aromatic heterocycles. The van der Waals surface area contributed by atoms with Crippen molar-refractivity contribution < 1.29 is 14.0 Å². The molecule has 2 N–H and O–H groups in total. The number of carbonyl (C=O) groups excluding carboxylic acids is 2. The first kappa shape index (κ1) is 18.6. The summed E-state index contributed by atoms with van der Waals surface area (Å²) < 4.78 is 13.0. The van der Waals surface area contributed by atoms with Gasteiger partial charge in [-0.15, -0.1) is 0 Å². The molecule has 0 bridgehead atoms. The molecule has 0 unspecified atom stereocenters. The minimum absolute atomic E-state index is 0.0811. The first-order valence-corrected chi connectivity index (χ1v) is 8.26. The molecule has 0 radical (unpaired) electrons. The maximum Gasteiger partial charge on any atom is 0.251 e. The van der Waals surface area contributed by atoms with Gasteiger partial charge in [-0.1, -0.05) is 43.7 Å². The quantitative estimate of drug-likeness (QED) is 0.847. The summed E-state index contributed by atoms with van der Waals surface area (Å²) in [5.74, 6) is -1.13. The SMILES string of the molecule is Cc1ccc(CNC(=O)[C@@H](NC(=O)c2ccc(F)cc2)C(C)C)cc1.